The lowest BCUT2D eigenvalue weighted by Gasteiger charge is -2.55. The monoisotopic (exact) mass is 412 g/mol. The van der Waals surface area contributed by atoms with Crippen LogP contribution in [0.5, 0.6) is 0 Å². The van der Waals surface area contributed by atoms with Crippen LogP contribution in [-0.2, 0) is 9.53 Å². The topological polar surface area (TPSA) is 58.6 Å². The number of carbonyl (C=O) groups is 2. The van der Waals surface area contributed by atoms with Crippen molar-refractivity contribution in [2.45, 2.75) is 49.7 Å². The Morgan fingerprint density at radius 3 is 2.24 bits per heavy atom. The zero-order chi connectivity index (χ0) is 20.6. The highest BCUT2D eigenvalue weighted by molar-refractivity contribution is 6.06. The van der Waals surface area contributed by atoms with Gasteiger partial charge in [-0.3, -0.25) is 9.59 Å². The molecule has 5 aliphatic rings. The number of carbonyl (C=O) groups excluding carboxylic acids is 2. The summed E-state index contributed by atoms with van der Waals surface area (Å²) in [5.41, 5.74) is -1.62. The van der Waals surface area contributed by atoms with Crippen molar-refractivity contribution in [1.29, 1.82) is 0 Å². The first-order valence-corrected chi connectivity index (χ1v) is 9.79. The van der Waals surface area contributed by atoms with Crippen molar-refractivity contribution in [3.8, 4) is 0 Å². The van der Waals surface area contributed by atoms with Crippen molar-refractivity contribution in [2.24, 2.45) is 11.8 Å². The molecule has 1 N–H and O–H groups in total. The molecule has 9 heteroatoms. The third-order valence-electron chi connectivity index (χ3n) is 6.57. The number of nitrogens with zero attached hydrogens (tertiary/aromatic N) is 1. The lowest BCUT2D eigenvalue weighted by Crippen LogP contribution is -2.60. The summed E-state index contributed by atoms with van der Waals surface area (Å²) in [5.74, 6) is -6.11. The van der Waals surface area contributed by atoms with Crippen LogP contribution in [0, 0.1) is 23.5 Å². The first-order valence-electron chi connectivity index (χ1n) is 9.79. The van der Waals surface area contributed by atoms with Gasteiger partial charge in [0.2, 0.25) is 0 Å². The van der Waals surface area contributed by atoms with Gasteiger partial charge in [-0.2, -0.15) is 0 Å². The lowest BCUT2D eigenvalue weighted by atomic mass is 9.62. The molecule has 0 radical (unpaired) electrons. The molecule has 2 aliphatic carbocycles. The normalized spacial score (nSPS) is 34.1. The Kier molecular flexibility index (Phi) is 4.01. The highest BCUT2D eigenvalue weighted by Gasteiger charge is 2.56. The minimum atomic E-state index is -3.00. The summed E-state index contributed by atoms with van der Waals surface area (Å²) in [5, 5.41) is 2.53. The molecular weight excluding hydrogens is 392 g/mol. The predicted octanol–water partition coefficient (Wildman–Crippen LogP) is 3.34. The van der Waals surface area contributed by atoms with E-state index in [9.17, 15) is 27.2 Å². The summed E-state index contributed by atoms with van der Waals surface area (Å²) >= 11 is 0. The largest absolute Gasteiger partial charge is 0.362 e. The number of benzene rings is 1. The van der Waals surface area contributed by atoms with Crippen LogP contribution in [0.1, 0.15) is 42.5 Å². The number of anilines is 1. The van der Waals surface area contributed by atoms with Gasteiger partial charge in [0.1, 0.15) is 5.60 Å². The van der Waals surface area contributed by atoms with Gasteiger partial charge in [0.15, 0.2) is 11.6 Å². The van der Waals surface area contributed by atoms with E-state index in [1.54, 1.807) is 0 Å². The number of hydrogen-bond acceptors (Lipinski definition) is 3. The standard InChI is InChI=1S/C20H20F4N2O3/c21-14-4-13(17(27)26-8-20(23,24)9-26)16(5-15(14)22)25-18(28)19-6-10-1-11(7-19)3-12(2-10)29-19/h4-5,10-12H,1-3,6-9H2,(H,25,28). The van der Waals surface area contributed by atoms with Crippen molar-refractivity contribution in [3.05, 3.63) is 29.3 Å². The molecule has 5 nitrogen and oxygen atoms in total. The van der Waals surface area contributed by atoms with Crippen molar-refractivity contribution < 1.29 is 31.9 Å². The molecule has 3 heterocycles. The molecule has 2 atom stereocenters. The van der Waals surface area contributed by atoms with E-state index in [4.69, 9.17) is 4.74 Å². The fourth-order valence-electron chi connectivity index (χ4n) is 5.49. The van der Waals surface area contributed by atoms with Crippen LogP contribution in [0.4, 0.5) is 23.2 Å². The van der Waals surface area contributed by atoms with Crippen molar-refractivity contribution in [1.82, 2.24) is 4.90 Å². The first kappa shape index (κ1) is 18.8. The van der Waals surface area contributed by atoms with E-state index in [1.165, 1.54) is 0 Å². The van der Waals surface area contributed by atoms with E-state index in [0.29, 0.717) is 30.7 Å². The number of alkyl halides is 2. The number of ether oxygens (including phenoxy) is 1. The molecule has 5 fully saturated rings. The molecule has 156 valence electrons. The molecule has 4 bridgehead atoms. The van der Waals surface area contributed by atoms with Crippen LogP contribution in [0.2, 0.25) is 0 Å². The second-order valence-corrected chi connectivity index (χ2v) is 8.86. The molecule has 6 rings (SSSR count). The summed E-state index contributed by atoms with van der Waals surface area (Å²) < 4.78 is 59.9. The number of hydrogen-bond donors (Lipinski definition) is 1. The molecule has 0 spiro atoms. The van der Waals surface area contributed by atoms with Gasteiger partial charge in [-0.15, -0.1) is 0 Å². The van der Waals surface area contributed by atoms with E-state index in [0.717, 1.165) is 30.2 Å². The fourth-order valence-corrected chi connectivity index (χ4v) is 5.49. The Morgan fingerprint density at radius 2 is 1.66 bits per heavy atom. The average Bonchev–Trinajstić information content (AvgIpc) is 2.60. The third kappa shape index (κ3) is 3.10. The van der Waals surface area contributed by atoms with Crippen LogP contribution in [-0.4, -0.2) is 47.4 Å². The lowest BCUT2D eigenvalue weighted by molar-refractivity contribution is -0.215. The maximum Gasteiger partial charge on any atom is 0.282 e. The molecule has 1 aromatic carbocycles. The van der Waals surface area contributed by atoms with Crippen LogP contribution in [0.3, 0.4) is 0 Å². The Labute approximate surface area is 164 Å². The van der Waals surface area contributed by atoms with Gasteiger partial charge in [-0.05, 0) is 50.0 Å². The van der Waals surface area contributed by atoms with E-state index in [1.807, 2.05) is 0 Å². The van der Waals surface area contributed by atoms with Gasteiger partial charge in [-0.1, -0.05) is 0 Å². The Bertz CT molecular complexity index is 861. The van der Waals surface area contributed by atoms with E-state index >= 15 is 0 Å². The molecule has 2 unspecified atom stereocenters. The van der Waals surface area contributed by atoms with Gasteiger partial charge in [0.05, 0.1) is 30.4 Å². The van der Waals surface area contributed by atoms with Crippen molar-refractivity contribution in [2.75, 3.05) is 18.4 Å². The fraction of sp³-hybridized carbons (Fsp3) is 0.600. The molecule has 3 aliphatic heterocycles. The second-order valence-electron chi connectivity index (χ2n) is 8.86. The number of nitrogens with one attached hydrogen (secondary N) is 1. The maximum absolute atomic E-state index is 13.9. The van der Waals surface area contributed by atoms with Crippen molar-refractivity contribution >= 4 is 17.5 Å². The second kappa shape index (κ2) is 6.17. The van der Waals surface area contributed by atoms with Crippen LogP contribution in [0.15, 0.2) is 12.1 Å². The smallest absolute Gasteiger partial charge is 0.282 e. The molecule has 1 aromatic rings. The molecule has 29 heavy (non-hydrogen) atoms. The zero-order valence-electron chi connectivity index (χ0n) is 15.5. The average molecular weight is 412 g/mol. The number of amides is 2. The van der Waals surface area contributed by atoms with Crippen LogP contribution < -0.4 is 5.32 Å². The zero-order valence-corrected chi connectivity index (χ0v) is 15.5. The quantitative estimate of drug-likeness (QED) is 0.775. The SMILES string of the molecule is O=C(c1cc(F)c(F)cc1NC(=O)C12CC3CC(CC(C3)O1)C2)N1CC(F)(F)C1. The minimum absolute atomic E-state index is 0.0152. The molecule has 3 saturated heterocycles. The molecule has 2 amide bonds. The van der Waals surface area contributed by atoms with Gasteiger partial charge >= 0.3 is 0 Å². The first-order chi connectivity index (χ1) is 13.6. The van der Waals surface area contributed by atoms with E-state index < -0.39 is 48.1 Å². The minimum Gasteiger partial charge on any atom is -0.362 e. The van der Waals surface area contributed by atoms with E-state index in [2.05, 4.69) is 5.32 Å². The summed E-state index contributed by atoms with van der Waals surface area (Å²) in [6, 6.07) is 1.36. The number of likely N-dealkylation sites (tertiary alicyclic amines) is 1. The highest BCUT2D eigenvalue weighted by atomic mass is 19.3. The highest BCUT2D eigenvalue weighted by Crippen LogP contribution is 2.53. The molecule has 0 aromatic heterocycles. The molecule has 2 saturated carbocycles. The number of halogens is 4. The maximum atomic E-state index is 13.9. The van der Waals surface area contributed by atoms with Crippen LogP contribution in [0.25, 0.3) is 0 Å². The summed E-state index contributed by atoms with van der Waals surface area (Å²) in [7, 11) is 0. The Hall–Kier alpha value is -2.16. The predicted molar refractivity (Wildman–Crippen MR) is 93.5 cm³/mol. The summed E-state index contributed by atoms with van der Waals surface area (Å²) in [6.45, 7) is -1.59. The Balaban J connectivity index is 1.41. The Morgan fingerprint density at radius 1 is 1.03 bits per heavy atom. The summed E-state index contributed by atoms with van der Waals surface area (Å²) in [6.07, 6.45) is 4.02. The van der Waals surface area contributed by atoms with Gasteiger partial charge in [0, 0.05) is 6.07 Å². The van der Waals surface area contributed by atoms with Gasteiger partial charge < -0.3 is 15.0 Å². The summed E-state index contributed by atoms with van der Waals surface area (Å²) in [4.78, 5) is 26.5. The van der Waals surface area contributed by atoms with Gasteiger partial charge in [-0.25, -0.2) is 17.6 Å². The number of rotatable bonds is 3. The third-order valence-corrected chi connectivity index (χ3v) is 6.57. The van der Waals surface area contributed by atoms with Crippen molar-refractivity contribution in [3.63, 3.8) is 0 Å². The van der Waals surface area contributed by atoms with Gasteiger partial charge in [0.25, 0.3) is 17.7 Å². The van der Waals surface area contributed by atoms with E-state index in [-0.39, 0.29) is 17.4 Å². The van der Waals surface area contributed by atoms with Crippen LogP contribution >= 0.6 is 0 Å². The molecular formula is C20H20F4N2O3.